The summed E-state index contributed by atoms with van der Waals surface area (Å²) in [5.41, 5.74) is 1.45. The fourth-order valence-corrected chi connectivity index (χ4v) is 4.16. The number of nitrogens with one attached hydrogen (secondary N) is 1. The zero-order valence-electron chi connectivity index (χ0n) is 15.4. The molecular formula is C20H20F3NO4S. The van der Waals surface area contributed by atoms with Crippen LogP contribution >= 0.6 is 11.3 Å². The normalized spacial score (nSPS) is 19.4. The van der Waals surface area contributed by atoms with Crippen LogP contribution in [0.1, 0.15) is 35.4 Å². The van der Waals surface area contributed by atoms with Gasteiger partial charge >= 0.3 is 6.36 Å². The summed E-state index contributed by atoms with van der Waals surface area (Å²) in [6.07, 6.45) is -1.36. The maximum Gasteiger partial charge on any atom is 0.573 e. The minimum Gasteiger partial charge on any atom is -0.465 e. The molecule has 0 spiro atoms. The predicted molar refractivity (Wildman–Crippen MR) is 102 cm³/mol. The van der Waals surface area contributed by atoms with Gasteiger partial charge in [-0.3, -0.25) is 9.59 Å². The predicted octanol–water partition coefficient (Wildman–Crippen LogP) is 4.78. The van der Waals surface area contributed by atoms with Crippen molar-refractivity contribution in [1.29, 1.82) is 0 Å². The summed E-state index contributed by atoms with van der Waals surface area (Å²) in [6, 6.07) is 7.24. The van der Waals surface area contributed by atoms with Crippen molar-refractivity contribution in [3.63, 3.8) is 0 Å². The molecule has 1 N–H and O–H groups in total. The largest absolute Gasteiger partial charge is 0.573 e. The van der Waals surface area contributed by atoms with Crippen molar-refractivity contribution in [1.82, 2.24) is 5.32 Å². The third kappa shape index (κ3) is 6.22. The molecule has 0 radical (unpaired) electrons. The van der Waals surface area contributed by atoms with Gasteiger partial charge in [-0.1, -0.05) is 12.1 Å². The summed E-state index contributed by atoms with van der Waals surface area (Å²) in [6.45, 7) is 1.04. The van der Waals surface area contributed by atoms with Crippen LogP contribution in [-0.2, 0) is 9.53 Å². The number of thiophene rings is 1. The molecule has 3 rings (SSSR count). The molecular weight excluding hydrogens is 407 g/mol. The molecule has 5 nitrogen and oxygen atoms in total. The molecule has 9 heteroatoms. The van der Waals surface area contributed by atoms with Crippen molar-refractivity contribution in [3.8, 4) is 16.9 Å². The molecule has 0 aliphatic heterocycles. The highest BCUT2D eigenvalue weighted by Crippen LogP contribution is 2.30. The number of rotatable bonds is 7. The lowest BCUT2D eigenvalue weighted by Gasteiger charge is -2.27. The van der Waals surface area contributed by atoms with E-state index < -0.39 is 6.36 Å². The Morgan fingerprint density at radius 1 is 1.14 bits per heavy atom. The molecule has 1 aromatic carbocycles. The van der Waals surface area contributed by atoms with Crippen molar-refractivity contribution >= 4 is 23.7 Å². The van der Waals surface area contributed by atoms with Gasteiger partial charge in [-0.2, -0.15) is 0 Å². The Labute approximate surface area is 169 Å². The van der Waals surface area contributed by atoms with Gasteiger partial charge in [0.25, 0.3) is 12.4 Å². The van der Waals surface area contributed by atoms with Gasteiger partial charge in [0, 0.05) is 6.54 Å². The van der Waals surface area contributed by atoms with E-state index in [0.29, 0.717) is 29.4 Å². The average molecular weight is 427 g/mol. The number of alkyl halides is 3. The summed E-state index contributed by atoms with van der Waals surface area (Å²) in [5.74, 6) is -0.113. The topological polar surface area (TPSA) is 64.6 Å². The van der Waals surface area contributed by atoms with E-state index in [4.69, 9.17) is 4.74 Å². The first kappa shape index (κ1) is 21.2. The molecule has 1 amide bonds. The third-order valence-electron chi connectivity index (χ3n) is 4.84. The maximum absolute atomic E-state index is 12.4. The Morgan fingerprint density at radius 2 is 1.83 bits per heavy atom. The SMILES string of the molecule is O=COC1CCC(CNC(=O)c2cc(-c3ccc(OC(F)(F)F)cc3)cs2)CC1. The van der Waals surface area contributed by atoms with E-state index in [-0.39, 0.29) is 17.8 Å². The molecule has 156 valence electrons. The fraction of sp³-hybridized carbons (Fsp3) is 0.400. The molecule has 1 heterocycles. The van der Waals surface area contributed by atoms with Crippen LogP contribution in [0.15, 0.2) is 35.7 Å². The number of carbonyl (C=O) groups is 2. The molecule has 0 unspecified atom stereocenters. The standard InChI is InChI=1S/C20H20F3NO4S/c21-20(22,23)28-17-7-3-14(4-8-17)15-9-18(29-11-15)19(26)24-10-13-1-5-16(6-2-13)27-12-25/h3-4,7-9,11-13,16H,1-2,5-6,10H2,(H,24,26). The number of amides is 1. The van der Waals surface area contributed by atoms with Crippen LogP contribution in [0.3, 0.4) is 0 Å². The molecule has 1 aromatic heterocycles. The van der Waals surface area contributed by atoms with E-state index in [1.54, 1.807) is 11.4 Å². The van der Waals surface area contributed by atoms with Crippen LogP contribution in [-0.4, -0.2) is 31.4 Å². The summed E-state index contributed by atoms with van der Waals surface area (Å²) in [7, 11) is 0. The van der Waals surface area contributed by atoms with E-state index in [1.165, 1.54) is 35.6 Å². The maximum atomic E-state index is 12.4. The van der Waals surface area contributed by atoms with Crippen LogP contribution in [0.4, 0.5) is 13.2 Å². The molecule has 1 aliphatic rings. The Kier molecular flexibility index (Phi) is 6.79. The van der Waals surface area contributed by atoms with Crippen molar-refractivity contribution < 1.29 is 32.2 Å². The van der Waals surface area contributed by atoms with Crippen LogP contribution in [0.2, 0.25) is 0 Å². The summed E-state index contributed by atoms with van der Waals surface area (Å²) >= 11 is 1.28. The number of carbonyl (C=O) groups excluding carboxylic acids is 2. The Bertz CT molecular complexity index is 827. The Morgan fingerprint density at radius 3 is 2.45 bits per heavy atom. The smallest absolute Gasteiger partial charge is 0.465 e. The molecule has 1 aliphatic carbocycles. The summed E-state index contributed by atoms with van der Waals surface area (Å²) < 4.78 is 45.5. The van der Waals surface area contributed by atoms with E-state index in [0.717, 1.165) is 31.2 Å². The van der Waals surface area contributed by atoms with Gasteiger partial charge in [0.05, 0.1) is 4.88 Å². The number of hydrogen-bond acceptors (Lipinski definition) is 5. The fourth-order valence-electron chi connectivity index (χ4n) is 3.33. The van der Waals surface area contributed by atoms with Gasteiger partial charge in [0.15, 0.2) is 0 Å². The second kappa shape index (κ2) is 9.30. The van der Waals surface area contributed by atoms with E-state index in [1.807, 2.05) is 0 Å². The first-order chi connectivity index (χ1) is 13.8. The molecule has 0 bridgehead atoms. The third-order valence-corrected chi connectivity index (χ3v) is 5.77. The second-order valence-corrected chi connectivity index (χ2v) is 7.77. The summed E-state index contributed by atoms with van der Waals surface area (Å²) in [4.78, 5) is 23.3. The van der Waals surface area contributed by atoms with Crippen LogP contribution in [0, 0.1) is 5.92 Å². The molecule has 1 saturated carbocycles. The van der Waals surface area contributed by atoms with Gasteiger partial charge in [-0.15, -0.1) is 24.5 Å². The van der Waals surface area contributed by atoms with Crippen molar-refractivity contribution in [2.24, 2.45) is 5.92 Å². The zero-order valence-corrected chi connectivity index (χ0v) is 16.2. The minimum absolute atomic E-state index is 0.0211. The number of benzene rings is 1. The summed E-state index contributed by atoms with van der Waals surface area (Å²) in [5, 5.41) is 4.72. The van der Waals surface area contributed by atoms with Gasteiger partial charge in [0.2, 0.25) is 0 Å². The van der Waals surface area contributed by atoms with Gasteiger partial charge in [0.1, 0.15) is 11.9 Å². The number of halogens is 3. The number of ether oxygens (including phenoxy) is 2. The van der Waals surface area contributed by atoms with Crippen LogP contribution in [0.25, 0.3) is 11.1 Å². The van der Waals surface area contributed by atoms with Crippen LogP contribution in [0.5, 0.6) is 5.75 Å². The van der Waals surface area contributed by atoms with Crippen molar-refractivity contribution in [2.45, 2.75) is 38.1 Å². The molecule has 0 saturated heterocycles. The number of hydrogen-bond donors (Lipinski definition) is 1. The highest BCUT2D eigenvalue weighted by atomic mass is 32.1. The van der Waals surface area contributed by atoms with Crippen molar-refractivity contribution in [2.75, 3.05) is 6.54 Å². The zero-order chi connectivity index (χ0) is 20.9. The quantitative estimate of drug-likeness (QED) is 0.647. The first-order valence-electron chi connectivity index (χ1n) is 9.16. The highest BCUT2D eigenvalue weighted by molar-refractivity contribution is 7.12. The van der Waals surface area contributed by atoms with Crippen LogP contribution < -0.4 is 10.1 Å². The molecule has 29 heavy (non-hydrogen) atoms. The molecule has 1 fully saturated rings. The van der Waals surface area contributed by atoms with Gasteiger partial charge in [-0.05, 0) is 66.3 Å². The molecule has 0 atom stereocenters. The first-order valence-corrected chi connectivity index (χ1v) is 10.0. The van der Waals surface area contributed by atoms with Gasteiger partial charge in [-0.25, -0.2) is 0 Å². The van der Waals surface area contributed by atoms with Gasteiger partial charge < -0.3 is 14.8 Å². The monoisotopic (exact) mass is 427 g/mol. The average Bonchev–Trinajstić information content (AvgIpc) is 3.17. The van der Waals surface area contributed by atoms with E-state index in [2.05, 4.69) is 10.1 Å². The lowest BCUT2D eigenvalue weighted by Crippen LogP contribution is -2.32. The minimum atomic E-state index is -4.73. The lowest BCUT2D eigenvalue weighted by atomic mass is 9.87. The lowest BCUT2D eigenvalue weighted by molar-refractivity contribution is -0.274. The Hall–Kier alpha value is -2.55. The Balaban J connectivity index is 1.52. The second-order valence-electron chi connectivity index (χ2n) is 6.86. The van der Waals surface area contributed by atoms with E-state index in [9.17, 15) is 22.8 Å². The highest BCUT2D eigenvalue weighted by Gasteiger charge is 2.31. The van der Waals surface area contributed by atoms with E-state index >= 15 is 0 Å². The molecule has 2 aromatic rings. The van der Waals surface area contributed by atoms with Crippen molar-refractivity contribution in [3.05, 3.63) is 40.6 Å².